The second-order valence-electron chi connectivity index (χ2n) is 9.30. The van der Waals surface area contributed by atoms with Gasteiger partial charge in [-0.05, 0) is 49.1 Å². The van der Waals surface area contributed by atoms with E-state index in [1.54, 1.807) is 0 Å². The van der Waals surface area contributed by atoms with Crippen molar-refractivity contribution in [3.8, 4) is 5.75 Å². The van der Waals surface area contributed by atoms with Crippen molar-refractivity contribution in [1.82, 2.24) is 0 Å². The fraction of sp³-hybridized carbons (Fsp3) is 0.385. The summed E-state index contributed by atoms with van der Waals surface area (Å²) in [7, 11) is 0. The number of Topliss-reactive ketones (excluding diaryl/α,β-unsaturated/α-hetero) is 1. The summed E-state index contributed by atoms with van der Waals surface area (Å²) in [5.74, 6) is -0.118. The van der Waals surface area contributed by atoms with E-state index >= 15 is 0 Å². The number of carbonyl (C=O) groups excluding carboxylic acids is 2. The molecule has 1 atom stereocenters. The normalized spacial score (nSPS) is 20.7. The molecule has 2 aromatic carbocycles. The molecular weight excluding hydrogens is 431 g/mol. The van der Waals surface area contributed by atoms with Crippen LogP contribution in [0.3, 0.4) is 0 Å². The molecule has 1 heterocycles. The van der Waals surface area contributed by atoms with Gasteiger partial charge in [-0.25, -0.2) is 0 Å². The largest absolute Gasteiger partial charge is 0.494 e. The van der Waals surface area contributed by atoms with Crippen molar-refractivity contribution in [1.29, 1.82) is 0 Å². The van der Waals surface area contributed by atoms with Gasteiger partial charge >= 0.3 is 6.18 Å². The maximum atomic E-state index is 13.4. The highest BCUT2D eigenvalue weighted by atomic mass is 19.4. The Bertz CT molecular complexity index is 1120. The number of benzene rings is 2. The van der Waals surface area contributed by atoms with Gasteiger partial charge in [0.25, 0.3) is 0 Å². The number of alkyl halides is 3. The summed E-state index contributed by atoms with van der Waals surface area (Å²) < 4.78 is 44.9. The van der Waals surface area contributed by atoms with Crippen molar-refractivity contribution in [2.24, 2.45) is 5.41 Å². The summed E-state index contributed by atoms with van der Waals surface area (Å²) in [4.78, 5) is 28.2. The third kappa shape index (κ3) is 4.41. The first-order chi connectivity index (χ1) is 15.5. The van der Waals surface area contributed by atoms with Crippen LogP contribution in [0.5, 0.6) is 5.75 Å². The summed E-state index contributed by atoms with van der Waals surface area (Å²) in [5.41, 5.74) is 1.09. The summed E-state index contributed by atoms with van der Waals surface area (Å²) in [6, 6.07) is 11.9. The molecule has 2 aromatic rings. The minimum Gasteiger partial charge on any atom is -0.494 e. The Labute approximate surface area is 191 Å². The van der Waals surface area contributed by atoms with Crippen molar-refractivity contribution in [2.45, 2.75) is 52.1 Å². The first kappa shape index (κ1) is 23.1. The fourth-order valence-electron chi connectivity index (χ4n) is 4.84. The van der Waals surface area contributed by atoms with Gasteiger partial charge in [-0.1, -0.05) is 32.0 Å². The Morgan fingerprint density at radius 3 is 2.33 bits per heavy atom. The molecular formula is C26H26F3NO3. The summed E-state index contributed by atoms with van der Waals surface area (Å²) in [5, 5.41) is 0. The number of hydrogen-bond donors (Lipinski definition) is 0. The average molecular weight is 457 g/mol. The third-order valence-corrected chi connectivity index (χ3v) is 6.19. The number of ketones is 1. The van der Waals surface area contributed by atoms with E-state index in [1.807, 2.05) is 45.0 Å². The van der Waals surface area contributed by atoms with Crippen LogP contribution in [0.15, 0.2) is 59.8 Å². The van der Waals surface area contributed by atoms with E-state index in [2.05, 4.69) is 0 Å². The van der Waals surface area contributed by atoms with Crippen LogP contribution in [0.4, 0.5) is 18.9 Å². The van der Waals surface area contributed by atoms with Crippen LogP contribution in [0.2, 0.25) is 0 Å². The summed E-state index contributed by atoms with van der Waals surface area (Å²) in [6.07, 6.45) is -3.62. The first-order valence-electron chi connectivity index (χ1n) is 11.0. The lowest BCUT2D eigenvalue weighted by atomic mass is 9.69. The molecule has 1 unspecified atom stereocenters. The van der Waals surface area contributed by atoms with Gasteiger partial charge < -0.3 is 4.74 Å². The molecule has 174 valence electrons. The highest BCUT2D eigenvalue weighted by molar-refractivity contribution is 6.08. The van der Waals surface area contributed by atoms with Crippen LogP contribution in [0.25, 0.3) is 0 Å². The topological polar surface area (TPSA) is 46.6 Å². The molecule has 0 saturated heterocycles. The fourth-order valence-corrected chi connectivity index (χ4v) is 4.84. The number of anilines is 1. The van der Waals surface area contributed by atoms with E-state index in [0.717, 1.165) is 17.7 Å². The molecule has 0 bridgehead atoms. The van der Waals surface area contributed by atoms with Crippen LogP contribution < -0.4 is 9.64 Å². The Morgan fingerprint density at radius 2 is 1.70 bits per heavy atom. The molecule has 1 aliphatic heterocycles. The first-order valence-corrected chi connectivity index (χ1v) is 11.0. The Balaban J connectivity index is 1.86. The molecule has 0 aromatic heterocycles. The van der Waals surface area contributed by atoms with Crippen LogP contribution >= 0.6 is 0 Å². The van der Waals surface area contributed by atoms with E-state index < -0.39 is 17.7 Å². The number of ether oxygens (including phenoxy) is 1. The lowest BCUT2D eigenvalue weighted by Crippen LogP contribution is -2.43. The maximum Gasteiger partial charge on any atom is 0.416 e. The molecule has 4 rings (SSSR count). The number of halogens is 3. The van der Waals surface area contributed by atoms with E-state index in [4.69, 9.17) is 4.74 Å². The van der Waals surface area contributed by atoms with Gasteiger partial charge in [0.05, 0.1) is 12.2 Å². The van der Waals surface area contributed by atoms with Crippen molar-refractivity contribution < 1.29 is 27.5 Å². The molecule has 2 aliphatic rings. The molecule has 1 amide bonds. The average Bonchev–Trinajstić information content (AvgIpc) is 2.72. The van der Waals surface area contributed by atoms with Gasteiger partial charge in [0.2, 0.25) is 5.91 Å². The lowest BCUT2D eigenvalue weighted by molar-refractivity contribution is -0.137. The van der Waals surface area contributed by atoms with E-state index in [9.17, 15) is 22.8 Å². The predicted molar refractivity (Wildman–Crippen MR) is 119 cm³/mol. The lowest BCUT2D eigenvalue weighted by Gasteiger charge is -2.43. The van der Waals surface area contributed by atoms with Gasteiger partial charge in [0.1, 0.15) is 5.75 Å². The van der Waals surface area contributed by atoms with E-state index in [0.29, 0.717) is 42.2 Å². The van der Waals surface area contributed by atoms with E-state index in [-0.39, 0.29) is 23.5 Å². The number of para-hydroxylation sites is 1. The van der Waals surface area contributed by atoms with Crippen LogP contribution in [-0.4, -0.2) is 18.3 Å². The molecule has 4 nitrogen and oxygen atoms in total. The molecule has 0 fully saturated rings. The molecule has 33 heavy (non-hydrogen) atoms. The number of rotatable bonds is 4. The van der Waals surface area contributed by atoms with Crippen LogP contribution in [-0.2, 0) is 15.8 Å². The highest BCUT2D eigenvalue weighted by Gasteiger charge is 2.45. The number of amides is 1. The molecule has 0 N–H and O–H groups in total. The molecule has 0 spiro atoms. The van der Waals surface area contributed by atoms with E-state index in [1.165, 1.54) is 17.0 Å². The van der Waals surface area contributed by atoms with Crippen LogP contribution in [0.1, 0.15) is 57.1 Å². The van der Waals surface area contributed by atoms with Crippen LogP contribution in [0, 0.1) is 5.41 Å². The van der Waals surface area contributed by atoms with Gasteiger partial charge in [0.15, 0.2) is 5.78 Å². The SMILES string of the molecule is CCOc1ccccc1C1CC(=O)N(c2ccc(C(F)(F)F)cc2)C2=C1C(=O)CC(C)(C)C2. The highest BCUT2D eigenvalue weighted by Crippen LogP contribution is 2.49. The smallest absolute Gasteiger partial charge is 0.416 e. The summed E-state index contributed by atoms with van der Waals surface area (Å²) >= 11 is 0. The molecule has 1 aliphatic carbocycles. The van der Waals surface area contributed by atoms with Crippen molar-refractivity contribution in [3.63, 3.8) is 0 Å². The molecule has 0 radical (unpaired) electrons. The number of hydrogen-bond acceptors (Lipinski definition) is 3. The Kier molecular flexibility index (Phi) is 5.85. The molecule has 0 saturated carbocycles. The van der Waals surface area contributed by atoms with Crippen molar-refractivity contribution >= 4 is 17.4 Å². The second kappa shape index (κ2) is 8.36. The quantitative estimate of drug-likeness (QED) is 0.544. The van der Waals surface area contributed by atoms with Gasteiger partial charge in [-0.2, -0.15) is 13.2 Å². The van der Waals surface area contributed by atoms with Gasteiger partial charge in [0, 0.05) is 41.3 Å². The minimum atomic E-state index is -4.47. The van der Waals surface area contributed by atoms with Gasteiger partial charge in [-0.15, -0.1) is 0 Å². The Morgan fingerprint density at radius 1 is 1.03 bits per heavy atom. The van der Waals surface area contributed by atoms with Crippen molar-refractivity contribution in [3.05, 3.63) is 70.9 Å². The second-order valence-corrected chi connectivity index (χ2v) is 9.30. The van der Waals surface area contributed by atoms with Crippen molar-refractivity contribution in [2.75, 3.05) is 11.5 Å². The predicted octanol–water partition coefficient (Wildman–Crippen LogP) is 6.27. The third-order valence-electron chi connectivity index (χ3n) is 6.19. The standard InChI is InChI=1S/C26H26F3NO3/c1-4-33-22-8-6-5-7-18(22)19-13-23(32)30(17-11-9-16(10-12-17)26(27,28)29)20-14-25(2,3)15-21(31)24(19)20/h5-12,19H,4,13-15H2,1-3H3. The zero-order chi connectivity index (χ0) is 24.0. The number of nitrogens with zero attached hydrogens (tertiary/aromatic N) is 1. The Hall–Kier alpha value is -3.09. The monoisotopic (exact) mass is 457 g/mol. The number of allylic oxidation sites excluding steroid dienone is 2. The minimum absolute atomic E-state index is 0.0378. The zero-order valence-electron chi connectivity index (χ0n) is 18.8. The zero-order valence-corrected chi connectivity index (χ0v) is 18.8. The van der Waals surface area contributed by atoms with Gasteiger partial charge in [-0.3, -0.25) is 14.5 Å². The molecule has 7 heteroatoms. The number of carbonyl (C=O) groups is 2. The summed E-state index contributed by atoms with van der Waals surface area (Å²) in [6.45, 7) is 6.24. The maximum absolute atomic E-state index is 13.4.